The van der Waals surface area contributed by atoms with Crippen LogP contribution in [0.4, 0.5) is 10.2 Å². The maximum atomic E-state index is 12.8. The lowest BCUT2D eigenvalue weighted by molar-refractivity contribution is -0.577. The van der Waals surface area contributed by atoms with Gasteiger partial charge < -0.3 is 5.21 Å². The minimum absolute atomic E-state index is 0.00919. The van der Waals surface area contributed by atoms with Gasteiger partial charge in [0, 0.05) is 17.2 Å². The molecule has 2 rings (SSSR count). The van der Waals surface area contributed by atoms with Gasteiger partial charge in [0.2, 0.25) is 5.69 Å². The summed E-state index contributed by atoms with van der Waals surface area (Å²) < 4.78 is 13.4. The molecule has 0 spiro atoms. The van der Waals surface area contributed by atoms with Gasteiger partial charge in [-0.3, -0.25) is 0 Å². The average molecular weight is 228 g/mol. The number of aromatic nitrogens is 1. The summed E-state index contributed by atoms with van der Waals surface area (Å²) in [5.41, 5.74) is 1.74. The lowest BCUT2D eigenvalue weighted by Gasteiger charge is -2.08. The van der Waals surface area contributed by atoms with Gasteiger partial charge in [-0.25, -0.2) is 4.39 Å². The largest absolute Gasteiger partial charge is 0.629 e. The van der Waals surface area contributed by atoms with E-state index in [4.69, 9.17) is 6.57 Å². The molecule has 4 heteroatoms. The minimum Gasteiger partial charge on any atom is -0.629 e. The molecule has 0 amide bonds. The van der Waals surface area contributed by atoms with Crippen LogP contribution in [0.3, 0.4) is 0 Å². The van der Waals surface area contributed by atoms with Crippen molar-refractivity contribution in [2.45, 2.75) is 6.92 Å². The molecule has 17 heavy (non-hydrogen) atoms. The fraction of sp³-hybridized carbons (Fsp3) is 0.0769. The van der Waals surface area contributed by atoms with Crippen LogP contribution in [0.5, 0.6) is 0 Å². The van der Waals surface area contributed by atoms with Gasteiger partial charge in [-0.2, -0.15) is 9.58 Å². The summed E-state index contributed by atoms with van der Waals surface area (Å²) >= 11 is 0. The van der Waals surface area contributed by atoms with Gasteiger partial charge in [-0.05, 0) is 31.2 Å². The van der Waals surface area contributed by atoms with Gasteiger partial charge in [0.1, 0.15) is 12.4 Å². The molecular weight excluding hydrogens is 219 g/mol. The van der Waals surface area contributed by atoms with E-state index >= 15 is 0 Å². The SMILES string of the molecule is [C-]#[N+]c1ccc(C)c(-c2ccc(F)cc2)[n+]1[O-]. The van der Waals surface area contributed by atoms with E-state index in [0.717, 1.165) is 5.56 Å². The van der Waals surface area contributed by atoms with Crippen molar-refractivity contribution in [2.75, 3.05) is 0 Å². The quantitative estimate of drug-likeness (QED) is 0.419. The molecule has 1 aromatic carbocycles. The normalized spacial score (nSPS) is 9.94. The van der Waals surface area contributed by atoms with Crippen LogP contribution in [0.15, 0.2) is 36.4 Å². The Hall–Kier alpha value is -2.41. The van der Waals surface area contributed by atoms with E-state index in [1.54, 1.807) is 13.0 Å². The highest BCUT2D eigenvalue weighted by Crippen LogP contribution is 2.22. The molecule has 1 heterocycles. The number of nitrogens with zero attached hydrogens (tertiary/aromatic N) is 2. The Balaban J connectivity index is 2.67. The summed E-state index contributed by atoms with van der Waals surface area (Å²) in [5.74, 6) is -0.347. The maximum Gasteiger partial charge on any atom is 0.430 e. The van der Waals surface area contributed by atoms with Crippen LogP contribution in [0.1, 0.15) is 5.56 Å². The van der Waals surface area contributed by atoms with Crippen LogP contribution in [-0.2, 0) is 0 Å². The number of benzene rings is 1. The minimum atomic E-state index is -0.356. The fourth-order valence-corrected chi connectivity index (χ4v) is 1.66. The number of aryl methyl sites for hydroxylation is 1. The molecular formula is C13H9FN2O. The Morgan fingerprint density at radius 1 is 1.18 bits per heavy atom. The summed E-state index contributed by atoms with van der Waals surface area (Å²) in [4.78, 5) is 3.14. The zero-order valence-corrected chi connectivity index (χ0v) is 9.14. The van der Waals surface area contributed by atoms with E-state index in [2.05, 4.69) is 4.85 Å². The Kier molecular flexibility index (Phi) is 2.75. The Labute approximate surface area is 98.2 Å². The molecule has 0 unspecified atom stereocenters. The van der Waals surface area contributed by atoms with Crippen molar-refractivity contribution in [3.05, 3.63) is 64.4 Å². The summed E-state index contributed by atoms with van der Waals surface area (Å²) in [7, 11) is 0. The monoisotopic (exact) mass is 228 g/mol. The molecule has 3 nitrogen and oxygen atoms in total. The van der Waals surface area contributed by atoms with Crippen molar-refractivity contribution >= 4 is 5.82 Å². The summed E-state index contributed by atoms with van der Waals surface area (Å²) in [5, 5.41) is 11.9. The van der Waals surface area contributed by atoms with Gasteiger partial charge in [-0.15, -0.1) is 0 Å². The molecule has 0 atom stereocenters. The molecule has 2 aromatic rings. The van der Waals surface area contributed by atoms with Crippen molar-refractivity contribution in [3.63, 3.8) is 0 Å². The number of hydrogen-bond acceptors (Lipinski definition) is 1. The highest BCUT2D eigenvalue weighted by molar-refractivity contribution is 5.61. The zero-order chi connectivity index (χ0) is 12.4. The zero-order valence-electron chi connectivity index (χ0n) is 9.14. The molecule has 1 aromatic heterocycles. The van der Waals surface area contributed by atoms with E-state index in [9.17, 15) is 9.60 Å². The Morgan fingerprint density at radius 3 is 2.41 bits per heavy atom. The predicted molar refractivity (Wildman–Crippen MR) is 61.8 cm³/mol. The first-order chi connectivity index (χ1) is 8.13. The molecule has 0 fully saturated rings. The van der Waals surface area contributed by atoms with Gasteiger partial charge in [0.25, 0.3) is 0 Å². The third-order valence-electron chi connectivity index (χ3n) is 2.50. The summed E-state index contributed by atoms with van der Waals surface area (Å²) in [6.45, 7) is 8.67. The molecule has 84 valence electrons. The molecule has 0 N–H and O–H groups in total. The summed E-state index contributed by atoms with van der Waals surface area (Å²) in [6.07, 6.45) is 0. The second-order valence-electron chi connectivity index (χ2n) is 3.64. The third-order valence-corrected chi connectivity index (χ3v) is 2.50. The van der Waals surface area contributed by atoms with E-state index in [0.29, 0.717) is 16.0 Å². The topological polar surface area (TPSA) is 31.3 Å². The van der Waals surface area contributed by atoms with E-state index < -0.39 is 0 Å². The van der Waals surface area contributed by atoms with Crippen molar-refractivity contribution in [3.8, 4) is 11.3 Å². The van der Waals surface area contributed by atoms with Crippen molar-refractivity contribution in [1.82, 2.24) is 0 Å². The molecule has 0 aliphatic rings. The van der Waals surface area contributed by atoms with Crippen LogP contribution in [0, 0.1) is 24.5 Å². The van der Waals surface area contributed by atoms with Gasteiger partial charge >= 0.3 is 5.82 Å². The first kappa shape index (κ1) is 11.1. The van der Waals surface area contributed by atoms with Crippen LogP contribution < -0.4 is 4.73 Å². The van der Waals surface area contributed by atoms with Crippen LogP contribution >= 0.6 is 0 Å². The van der Waals surface area contributed by atoms with Crippen LogP contribution in [0.2, 0.25) is 0 Å². The van der Waals surface area contributed by atoms with E-state index in [1.165, 1.54) is 30.3 Å². The second-order valence-corrected chi connectivity index (χ2v) is 3.64. The molecule has 0 bridgehead atoms. The van der Waals surface area contributed by atoms with Crippen molar-refractivity contribution < 1.29 is 9.12 Å². The van der Waals surface area contributed by atoms with E-state index in [-0.39, 0.29) is 11.6 Å². The van der Waals surface area contributed by atoms with Gasteiger partial charge in [-0.1, -0.05) is 6.07 Å². The highest BCUT2D eigenvalue weighted by atomic mass is 19.1. The molecule has 0 saturated heterocycles. The summed E-state index contributed by atoms with van der Waals surface area (Å²) in [6, 6.07) is 8.82. The first-order valence-corrected chi connectivity index (χ1v) is 5.00. The van der Waals surface area contributed by atoms with Gasteiger partial charge in [0.05, 0.1) is 0 Å². The van der Waals surface area contributed by atoms with Gasteiger partial charge in [0.15, 0.2) is 0 Å². The van der Waals surface area contributed by atoms with E-state index in [1.807, 2.05) is 0 Å². The number of halogens is 1. The maximum absolute atomic E-state index is 12.8. The van der Waals surface area contributed by atoms with Crippen molar-refractivity contribution in [1.29, 1.82) is 0 Å². The van der Waals surface area contributed by atoms with Crippen molar-refractivity contribution in [2.24, 2.45) is 0 Å². The number of pyridine rings is 1. The Morgan fingerprint density at radius 2 is 1.82 bits per heavy atom. The fourth-order valence-electron chi connectivity index (χ4n) is 1.66. The number of hydrogen-bond donors (Lipinski definition) is 0. The molecule has 0 aliphatic carbocycles. The van der Waals surface area contributed by atoms with Crippen LogP contribution in [-0.4, -0.2) is 0 Å². The standard InChI is InChI=1S/C13H9FN2O/c1-9-3-8-12(15-2)16(17)13(9)10-4-6-11(14)7-5-10/h3-8H,1H3. The highest BCUT2D eigenvalue weighted by Gasteiger charge is 2.16. The third kappa shape index (κ3) is 1.95. The lowest BCUT2D eigenvalue weighted by Crippen LogP contribution is -2.30. The average Bonchev–Trinajstić information content (AvgIpc) is 2.32. The Bertz CT molecular complexity index is 600. The van der Waals surface area contributed by atoms with Crippen LogP contribution in [0.25, 0.3) is 16.1 Å². The smallest absolute Gasteiger partial charge is 0.430 e. The molecule has 0 aliphatic heterocycles. The molecule has 0 radical (unpaired) electrons. The molecule has 0 saturated carbocycles. The first-order valence-electron chi connectivity index (χ1n) is 5.00. The second kappa shape index (κ2) is 4.22. The predicted octanol–water partition coefficient (Wildman–Crippen LogP) is 2.99. The lowest BCUT2D eigenvalue weighted by atomic mass is 10.1. The number of rotatable bonds is 1.